The van der Waals surface area contributed by atoms with Crippen molar-refractivity contribution in [3.63, 3.8) is 0 Å². The molecule has 116 valence electrons. The second-order valence-corrected chi connectivity index (χ2v) is 7.88. The molecule has 0 unspecified atom stereocenters. The average molecular weight is 303 g/mol. The van der Waals surface area contributed by atoms with Gasteiger partial charge in [-0.1, -0.05) is 12.8 Å². The summed E-state index contributed by atoms with van der Waals surface area (Å²) in [4.78, 5) is 12.5. The molecule has 2 atom stereocenters. The van der Waals surface area contributed by atoms with Crippen LogP contribution in [0.3, 0.4) is 0 Å². The molecular weight excluding hydrogens is 278 g/mol. The Hall–Kier alpha value is -0.660. The van der Waals surface area contributed by atoms with Crippen molar-refractivity contribution in [2.24, 2.45) is 11.3 Å². The highest BCUT2D eigenvalue weighted by Crippen LogP contribution is 2.43. The van der Waals surface area contributed by atoms with Crippen molar-refractivity contribution >= 4 is 15.9 Å². The SMILES string of the molecule is CCS(=O)(=O)NCCNC(=O)[C@@]12CCCC[C@H]1CNC2. The van der Waals surface area contributed by atoms with Gasteiger partial charge >= 0.3 is 0 Å². The first-order chi connectivity index (χ1) is 9.50. The van der Waals surface area contributed by atoms with E-state index in [0.717, 1.165) is 32.4 Å². The number of nitrogens with one attached hydrogen (secondary N) is 3. The fraction of sp³-hybridized carbons (Fsp3) is 0.923. The molecule has 0 spiro atoms. The quantitative estimate of drug-likeness (QED) is 0.594. The molecule has 1 aliphatic heterocycles. The molecule has 1 saturated carbocycles. The topological polar surface area (TPSA) is 87.3 Å². The summed E-state index contributed by atoms with van der Waals surface area (Å²) < 4.78 is 25.1. The van der Waals surface area contributed by atoms with Gasteiger partial charge in [-0.05, 0) is 32.2 Å². The van der Waals surface area contributed by atoms with Crippen molar-refractivity contribution < 1.29 is 13.2 Å². The Morgan fingerprint density at radius 1 is 1.35 bits per heavy atom. The monoisotopic (exact) mass is 303 g/mol. The first kappa shape index (κ1) is 15.7. The molecule has 1 amide bonds. The molecule has 2 aliphatic rings. The summed E-state index contributed by atoms with van der Waals surface area (Å²) in [5, 5.41) is 6.24. The Morgan fingerprint density at radius 3 is 2.90 bits per heavy atom. The number of hydrogen-bond donors (Lipinski definition) is 3. The third-order valence-corrected chi connectivity index (χ3v) is 6.01. The standard InChI is InChI=1S/C13H25N3O3S/c1-2-20(18,19)16-8-7-15-12(17)13-6-4-3-5-11(13)9-14-10-13/h11,14,16H,2-10H2,1H3,(H,15,17)/t11-,13+/m0/s1. The van der Waals surface area contributed by atoms with Crippen molar-refractivity contribution in [1.29, 1.82) is 0 Å². The van der Waals surface area contributed by atoms with E-state index < -0.39 is 10.0 Å². The number of carbonyl (C=O) groups excluding carboxylic acids is 1. The van der Waals surface area contributed by atoms with Crippen LogP contribution in [0.15, 0.2) is 0 Å². The normalized spacial score (nSPS) is 29.9. The largest absolute Gasteiger partial charge is 0.354 e. The summed E-state index contributed by atoms with van der Waals surface area (Å²) in [6.45, 7) is 3.89. The minimum atomic E-state index is -3.18. The average Bonchev–Trinajstić information content (AvgIpc) is 2.88. The minimum absolute atomic E-state index is 0.0663. The van der Waals surface area contributed by atoms with Gasteiger partial charge in [0.05, 0.1) is 11.2 Å². The maximum atomic E-state index is 12.5. The lowest BCUT2D eigenvalue weighted by Gasteiger charge is -2.37. The summed E-state index contributed by atoms with van der Waals surface area (Å²) in [6, 6.07) is 0. The Balaban J connectivity index is 1.82. The molecule has 0 aromatic heterocycles. The smallest absolute Gasteiger partial charge is 0.227 e. The third-order valence-electron chi connectivity index (χ3n) is 4.60. The van der Waals surface area contributed by atoms with E-state index in [4.69, 9.17) is 0 Å². The van der Waals surface area contributed by atoms with Crippen LogP contribution in [-0.2, 0) is 14.8 Å². The number of hydrogen-bond acceptors (Lipinski definition) is 4. The van der Waals surface area contributed by atoms with Crippen LogP contribution >= 0.6 is 0 Å². The first-order valence-electron chi connectivity index (χ1n) is 7.46. The zero-order chi connectivity index (χ0) is 14.6. The van der Waals surface area contributed by atoms with E-state index in [1.165, 1.54) is 6.42 Å². The van der Waals surface area contributed by atoms with Gasteiger partial charge < -0.3 is 10.6 Å². The molecule has 7 heteroatoms. The van der Waals surface area contributed by atoms with Gasteiger partial charge in [-0.2, -0.15) is 0 Å². The zero-order valence-electron chi connectivity index (χ0n) is 12.1. The fourth-order valence-corrected chi connectivity index (χ4v) is 3.97. The van der Waals surface area contributed by atoms with Crippen molar-refractivity contribution in [2.45, 2.75) is 32.6 Å². The van der Waals surface area contributed by atoms with Gasteiger partial charge in [-0.3, -0.25) is 4.79 Å². The molecule has 20 heavy (non-hydrogen) atoms. The molecule has 0 aromatic rings. The maximum Gasteiger partial charge on any atom is 0.227 e. The van der Waals surface area contributed by atoms with Gasteiger partial charge in [0, 0.05) is 19.6 Å². The van der Waals surface area contributed by atoms with E-state index in [2.05, 4.69) is 15.4 Å². The highest BCUT2D eigenvalue weighted by Gasteiger charge is 2.49. The molecule has 2 fully saturated rings. The summed E-state index contributed by atoms with van der Waals surface area (Å²) >= 11 is 0. The van der Waals surface area contributed by atoms with Crippen molar-refractivity contribution in [3.05, 3.63) is 0 Å². The van der Waals surface area contributed by atoms with Crippen molar-refractivity contribution in [3.8, 4) is 0 Å². The van der Waals surface area contributed by atoms with Crippen molar-refractivity contribution in [1.82, 2.24) is 15.4 Å². The van der Waals surface area contributed by atoms with E-state index in [1.54, 1.807) is 6.92 Å². The molecule has 2 rings (SSSR count). The minimum Gasteiger partial charge on any atom is -0.354 e. The van der Waals surface area contributed by atoms with Crippen LogP contribution < -0.4 is 15.4 Å². The molecule has 1 aliphatic carbocycles. The Bertz CT molecular complexity index is 452. The maximum absolute atomic E-state index is 12.5. The van der Waals surface area contributed by atoms with Crippen LogP contribution in [0.4, 0.5) is 0 Å². The van der Waals surface area contributed by atoms with Gasteiger partial charge in [0.25, 0.3) is 0 Å². The number of fused-ring (bicyclic) bond motifs is 1. The molecule has 1 saturated heterocycles. The Kier molecular flexibility index (Phi) is 5.04. The molecule has 6 nitrogen and oxygen atoms in total. The van der Waals surface area contributed by atoms with Gasteiger partial charge in [0.1, 0.15) is 0 Å². The summed E-state index contributed by atoms with van der Waals surface area (Å²) in [6.07, 6.45) is 4.37. The summed E-state index contributed by atoms with van der Waals surface area (Å²) in [5.74, 6) is 0.586. The lowest BCUT2D eigenvalue weighted by atomic mass is 9.67. The molecule has 0 bridgehead atoms. The second-order valence-electron chi connectivity index (χ2n) is 5.78. The third kappa shape index (κ3) is 3.32. The van der Waals surface area contributed by atoms with E-state index in [0.29, 0.717) is 12.5 Å². The van der Waals surface area contributed by atoms with Gasteiger partial charge in [0.2, 0.25) is 15.9 Å². The van der Waals surface area contributed by atoms with Crippen LogP contribution in [0.5, 0.6) is 0 Å². The lowest BCUT2D eigenvalue weighted by Crippen LogP contribution is -2.49. The number of amides is 1. The van der Waals surface area contributed by atoms with Crippen molar-refractivity contribution in [2.75, 3.05) is 31.9 Å². The van der Waals surface area contributed by atoms with E-state index in [9.17, 15) is 13.2 Å². The van der Waals surface area contributed by atoms with Crippen LogP contribution in [0.2, 0.25) is 0 Å². The number of rotatable bonds is 6. The van der Waals surface area contributed by atoms with E-state index >= 15 is 0 Å². The van der Waals surface area contributed by atoms with E-state index in [1.807, 2.05) is 0 Å². The molecular formula is C13H25N3O3S. The zero-order valence-corrected chi connectivity index (χ0v) is 12.9. The Labute approximate surface area is 121 Å². The second kappa shape index (κ2) is 6.41. The lowest BCUT2D eigenvalue weighted by molar-refractivity contribution is -0.133. The molecule has 0 aromatic carbocycles. The predicted molar refractivity (Wildman–Crippen MR) is 77.7 cm³/mol. The first-order valence-corrected chi connectivity index (χ1v) is 9.12. The molecule has 0 radical (unpaired) electrons. The van der Waals surface area contributed by atoms with Gasteiger partial charge in [-0.25, -0.2) is 13.1 Å². The fourth-order valence-electron chi connectivity index (χ4n) is 3.35. The highest BCUT2D eigenvalue weighted by molar-refractivity contribution is 7.89. The summed E-state index contributed by atoms with van der Waals surface area (Å²) in [7, 11) is -3.18. The number of sulfonamides is 1. The highest BCUT2D eigenvalue weighted by atomic mass is 32.2. The Morgan fingerprint density at radius 2 is 2.15 bits per heavy atom. The molecule has 1 heterocycles. The van der Waals surface area contributed by atoms with Gasteiger partial charge in [0.15, 0.2) is 0 Å². The number of carbonyl (C=O) groups is 1. The predicted octanol–water partition coefficient (Wildman–Crippen LogP) is -0.178. The molecule has 3 N–H and O–H groups in total. The summed E-state index contributed by atoms with van der Waals surface area (Å²) in [5.41, 5.74) is -0.262. The van der Waals surface area contributed by atoms with Crippen LogP contribution in [-0.4, -0.2) is 46.3 Å². The van der Waals surface area contributed by atoms with Crippen LogP contribution in [0.1, 0.15) is 32.6 Å². The van der Waals surface area contributed by atoms with Crippen LogP contribution in [0.25, 0.3) is 0 Å². The van der Waals surface area contributed by atoms with Crippen LogP contribution in [0, 0.1) is 11.3 Å². The van der Waals surface area contributed by atoms with E-state index in [-0.39, 0.29) is 23.6 Å². The van der Waals surface area contributed by atoms with Gasteiger partial charge in [-0.15, -0.1) is 0 Å².